The average Bonchev–Trinajstić information content (AvgIpc) is 2.04. The molecule has 14 heavy (non-hydrogen) atoms. The van der Waals surface area contributed by atoms with Crippen LogP contribution in [0, 0.1) is 0 Å². The highest BCUT2D eigenvalue weighted by atomic mass is 35.5. The van der Waals surface area contributed by atoms with Gasteiger partial charge in [0.15, 0.2) is 0 Å². The van der Waals surface area contributed by atoms with E-state index in [4.69, 9.17) is 25.8 Å². The van der Waals surface area contributed by atoms with E-state index >= 15 is 0 Å². The highest BCUT2D eigenvalue weighted by molar-refractivity contribution is 6.22. The van der Waals surface area contributed by atoms with E-state index in [0.29, 0.717) is 26.2 Å². The maximum Gasteiger partial charge on any atom is 0.250 e. The molecule has 0 heterocycles. The van der Waals surface area contributed by atoms with E-state index < -0.39 is 5.25 Å². The van der Waals surface area contributed by atoms with Crippen molar-refractivity contribution in [1.29, 1.82) is 0 Å². The van der Waals surface area contributed by atoms with E-state index in [9.17, 15) is 0 Å². The second-order valence-electron chi connectivity index (χ2n) is 2.67. The first-order valence-electron chi connectivity index (χ1n) is 4.87. The lowest BCUT2D eigenvalue weighted by Crippen LogP contribution is -2.35. The molecule has 0 bridgehead atoms. The predicted molar refractivity (Wildman–Crippen MR) is 57.6 cm³/mol. The number of halogens is 1. The van der Waals surface area contributed by atoms with Gasteiger partial charge in [-0.3, -0.25) is 0 Å². The van der Waals surface area contributed by atoms with Gasteiger partial charge in [0.05, 0.1) is 10.2 Å². The van der Waals surface area contributed by atoms with Crippen molar-refractivity contribution in [1.82, 2.24) is 0 Å². The number of hydrogen-bond acceptors (Lipinski definition) is 3. The van der Waals surface area contributed by atoms with Crippen molar-refractivity contribution in [2.45, 2.75) is 38.2 Å². The Balaban J connectivity index is 4.05. The highest BCUT2D eigenvalue weighted by Gasteiger charge is 2.30. The van der Waals surface area contributed by atoms with E-state index in [1.807, 2.05) is 20.8 Å². The summed E-state index contributed by atoms with van der Waals surface area (Å²) in [5.41, 5.74) is -0.157. The van der Waals surface area contributed by atoms with Gasteiger partial charge in [0, 0.05) is 32.0 Å². The molecule has 0 saturated carbocycles. The zero-order valence-electron chi connectivity index (χ0n) is 9.01. The van der Waals surface area contributed by atoms with Crippen molar-refractivity contribution in [3.63, 3.8) is 0 Å². The van der Waals surface area contributed by atoms with Crippen molar-refractivity contribution >= 4 is 21.8 Å². The van der Waals surface area contributed by atoms with Crippen LogP contribution in [-0.4, -0.2) is 41.0 Å². The summed E-state index contributed by atoms with van der Waals surface area (Å²) in [5, 5.41) is -1.08. The van der Waals surface area contributed by atoms with Gasteiger partial charge >= 0.3 is 0 Å². The molecule has 3 radical (unpaired) electrons. The van der Waals surface area contributed by atoms with Crippen molar-refractivity contribution in [2.24, 2.45) is 0 Å². The van der Waals surface area contributed by atoms with E-state index in [2.05, 4.69) is 10.2 Å². The van der Waals surface area contributed by atoms with Gasteiger partial charge in [-0.25, -0.2) is 0 Å². The topological polar surface area (TPSA) is 27.7 Å². The molecule has 1 unspecified atom stereocenters. The molecule has 0 rings (SSSR count). The fourth-order valence-electron chi connectivity index (χ4n) is 1.07. The third kappa shape index (κ3) is 5.98. The molecule has 0 spiro atoms. The summed E-state index contributed by atoms with van der Waals surface area (Å²) in [6, 6.07) is 0. The average molecular weight is 238 g/mol. The van der Waals surface area contributed by atoms with Crippen LogP contribution in [-0.2, 0) is 14.2 Å². The minimum Gasteiger partial charge on any atom is -0.383 e. The van der Waals surface area contributed by atoms with Crippen LogP contribution in [0.25, 0.3) is 0 Å². The lowest BCUT2D eigenvalue weighted by Gasteiger charge is -2.28. The van der Waals surface area contributed by atoms with Gasteiger partial charge in [0.2, 0.25) is 5.25 Å². The van der Waals surface area contributed by atoms with Crippen LogP contribution < -0.4 is 0 Å². The summed E-state index contributed by atoms with van der Waals surface area (Å²) in [5.74, 6) is 0. The first-order chi connectivity index (χ1) is 6.58. The quantitative estimate of drug-likeness (QED) is 0.367. The molecule has 0 amide bonds. The minimum atomic E-state index is -1.08. The molecule has 0 aliphatic rings. The third-order valence-corrected chi connectivity index (χ3v) is 2.26. The summed E-state index contributed by atoms with van der Waals surface area (Å²) in [4.78, 5) is 0. The van der Waals surface area contributed by atoms with E-state index in [1.54, 1.807) is 0 Å². The van der Waals surface area contributed by atoms with Gasteiger partial charge in [-0.05, 0) is 20.8 Å². The summed E-state index contributed by atoms with van der Waals surface area (Å²) < 4.78 is 15.9. The molecule has 0 aromatic rings. The maximum absolute atomic E-state index is 6.11. The molecule has 0 N–H and O–H groups in total. The molecular formula is C9H18ClO3Si. The number of alkyl halides is 1. The van der Waals surface area contributed by atoms with Crippen molar-refractivity contribution in [3.05, 3.63) is 0 Å². The molecule has 3 nitrogen and oxygen atoms in total. The van der Waals surface area contributed by atoms with Crippen molar-refractivity contribution in [3.8, 4) is 0 Å². The Labute approximate surface area is 94.5 Å². The smallest absolute Gasteiger partial charge is 0.250 e. The molecule has 1 atom stereocenters. The molecule has 0 aromatic heterocycles. The van der Waals surface area contributed by atoms with Gasteiger partial charge in [-0.15, -0.1) is 0 Å². The van der Waals surface area contributed by atoms with E-state index in [-0.39, 0.29) is 5.73 Å². The Hall–Kier alpha value is 0.387. The minimum absolute atomic E-state index is 0.157. The fraction of sp³-hybridized carbons (Fsp3) is 1.00. The molecule has 0 saturated heterocycles. The highest BCUT2D eigenvalue weighted by Crippen LogP contribution is 2.25. The summed E-state index contributed by atoms with van der Waals surface area (Å²) >= 11 is 6.11. The van der Waals surface area contributed by atoms with E-state index in [1.165, 1.54) is 0 Å². The van der Waals surface area contributed by atoms with E-state index in [0.717, 1.165) is 0 Å². The number of ether oxygens (including phenoxy) is 3. The van der Waals surface area contributed by atoms with Crippen LogP contribution in [0.4, 0.5) is 0 Å². The van der Waals surface area contributed by atoms with Gasteiger partial charge in [0.1, 0.15) is 0 Å². The Morgan fingerprint density at radius 2 is 1.64 bits per heavy atom. The van der Waals surface area contributed by atoms with Crippen LogP contribution in [0.15, 0.2) is 0 Å². The zero-order chi connectivity index (χ0) is 11.0. The predicted octanol–water partition coefficient (Wildman–Crippen LogP) is 1.87. The van der Waals surface area contributed by atoms with Gasteiger partial charge in [0.25, 0.3) is 0 Å². The Bertz CT molecular complexity index is 140. The van der Waals surface area contributed by atoms with Crippen LogP contribution in [0.2, 0.25) is 0 Å². The Kier molecular flexibility index (Phi) is 7.86. The van der Waals surface area contributed by atoms with Crippen LogP contribution >= 0.6 is 11.6 Å². The molecule has 0 aliphatic heterocycles. The standard InChI is InChI=1S/C9H18ClO3Si/c1-4-11-8(14)7-9(10,12-5-2)13-6-3/h8H,4-7H2,1-3H3. The van der Waals surface area contributed by atoms with Crippen LogP contribution in [0.5, 0.6) is 0 Å². The van der Waals surface area contributed by atoms with Crippen molar-refractivity contribution < 1.29 is 14.2 Å². The van der Waals surface area contributed by atoms with Gasteiger partial charge in [-0.2, -0.15) is 0 Å². The lowest BCUT2D eigenvalue weighted by molar-refractivity contribution is -0.185. The third-order valence-electron chi connectivity index (χ3n) is 1.52. The number of rotatable bonds is 8. The SMILES string of the molecule is CCOC([Si])CC(Cl)(OCC)OCC. The molecule has 0 fully saturated rings. The van der Waals surface area contributed by atoms with Gasteiger partial charge < -0.3 is 14.2 Å². The lowest BCUT2D eigenvalue weighted by atomic mass is 10.4. The van der Waals surface area contributed by atoms with Crippen LogP contribution in [0.1, 0.15) is 27.2 Å². The molecule has 0 aromatic carbocycles. The summed E-state index contributed by atoms with van der Waals surface area (Å²) in [6.07, 6.45) is 0.445. The monoisotopic (exact) mass is 237 g/mol. The first-order valence-corrected chi connectivity index (χ1v) is 5.83. The number of hydrogen-bond donors (Lipinski definition) is 0. The van der Waals surface area contributed by atoms with Crippen LogP contribution in [0.3, 0.4) is 0 Å². The summed E-state index contributed by atoms with van der Waals surface area (Å²) in [7, 11) is 3.40. The summed E-state index contributed by atoms with van der Waals surface area (Å²) in [6.45, 7) is 7.31. The largest absolute Gasteiger partial charge is 0.383 e. The second-order valence-corrected chi connectivity index (χ2v) is 3.89. The Morgan fingerprint density at radius 1 is 1.14 bits per heavy atom. The second kappa shape index (κ2) is 7.65. The van der Waals surface area contributed by atoms with Gasteiger partial charge in [-0.1, -0.05) is 11.6 Å². The molecule has 5 heteroatoms. The fourth-order valence-corrected chi connectivity index (χ4v) is 2.00. The molecule has 0 aliphatic carbocycles. The molecular weight excluding hydrogens is 220 g/mol. The normalized spacial score (nSPS) is 14.4. The zero-order valence-corrected chi connectivity index (χ0v) is 10.8. The first kappa shape index (κ1) is 14.4. The molecule has 83 valence electrons. The Morgan fingerprint density at radius 3 is 2.00 bits per heavy atom. The maximum atomic E-state index is 6.11. The van der Waals surface area contributed by atoms with Crippen molar-refractivity contribution in [2.75, 3.05) is 19.8 Å².